The van der Waals surface area contributed by atoms with Crippen LogP contribution in [0.4, 0.5) is 6.01 Å². The second-order valence-corrected chi connectivity index (χ2v) is 4.26. The highest BCUT2D eigenvalue weighted by Gasteiger charge is 2.13. The molecule has 0 saturated carbocycles. The minimum absolute atomic E-state index is 0.148. The molecule has 2 aromatic rings. The van der Waals surface area contributed by atoms with Gasteiger partial charge in [0.2, 0.25) is 0 Å². The molecule has 1 aromatic heterocycles. The van der Waals surface area contributed by atoms with Crippen LogP contribution in [0.25, 0.3) is 0 Å². The van der Waals surface area contributed by atoms with Crippen LogP contribution in [0.1, 0.15) is 27.2 Å². The Balaban J connectivity index is 2.30. The second kappa shape index (κ2) is 6.04. The van der Waals surface area contributed by atoms with E-state index < -0.39 is 0 Å². The number of hydrogen-bond acceptors (Lipinski definition) is 4. The lowest BCUT2D eigenvalue weighted by Gasteiger charge is -2.05. The standard InChI is InChI=1S/C15H14N2O3/c1-10-5-6-12(4-3-7-18)13(8-10)14(19)17-15-16-11(2)9-20-15/h5-6,8-9,18H,7H2,1-2H3,(H,16,17,19). The minimum atomic E-state index is -0.349. The number of rotatable bonds is 2. The van der Waals surface area contributed by atoms with Crippen LogP contribution in [0, 0.1) is 25.7 Å². The number of amides is 1. The summed E-state index contributed by atoms with van der Waals surface area (Å²) in [4.78, 5) is 16.2. The molecule has 1 heterocycles. The second-order valence-electron chi connectivity index (χ2n) is 4.26. The Morgan fingerprint density at radius 2 is 2.25 bits per heavy atom. The van der Waals surface area contributed by atoms with E-state index in [1.807, 2.05) is 13.0 Å². The number of aliphatic hydroxyl groups excluding tert-OH is 1. The summed E-state index contributed by atoms with van der Waals surface area (Å²) in [6.07, 6.45) is 1.46. The fraction of sp³-hybridized carbons (Fsp3) is 0.200. The molecule has 0 aliphatic heterocycles. The Morgan fingerprint density at radius 1 is 1.45 bits per heavy atom. The number of carbonyl (C=O) groups excluding carboxylic acids is 1. The lowest BCUT2D eigenvalue weighted by Crippen LogP contribution is -2.14. The van der Waals surface area contributed by atoms with Crippen LogP contribution in [0.5, 0.6) is 0 Å². The number of nitrogens with zero attached hydrogens (tertiary/aromatic N) is 1. The topological polar surface area (TPSA) is 75.4 Å². The van der Waals surface area contributed by atoms with E-state index in [0.717, 1.165) is 5.56 Å². The first-order valence-electron chi connectivity index (χ1n) is 6.04. The molecule has 0 aliphatic rings. The molecule has 5 heteroatoms. The fourth-order valence-corrected chi connectivity index (χ4v) is 1.67. The van der Waals surface area contributed by atoms with Gasteiger partial charge in [0.15, 0.2) is 0 Å². The number of aryl methyl sites for hydroxylation is 2. The molecule has 20 heavy (non-hydrogen) atoms. The normalized spacial score (nSPS) is 9.75. The number of aromatic nitrogens is 1. The van der Waals surface area contributed by atoms with Crippen molar-refractivity contribution in [3.63, 3.8) is 0 Å². The highest BCUT2D eigenvalue weighted by Crippen LogP contribution is 2.14. The molecular formula is C15H14N2O3. The summed E-state index contributed by atoms with van der Waals surface area (Å²) in [5.41, 5.74) is 2.59. The van der Waals surface area contributed by atoms with Crippen LogP contribution in [-0.2, 0) is 0 Å². The van der Waals surface area contributed by atoms with Crippen LogP contribution in [-0.4, -0.2) is 22.6 Å². The van der Waals surface area contributed by atoms with Gasteiger partial charge in [-0.15, -0.1) is 0 Å². The number of anilines is 1. The molecule has 2 rings (SSSR count). The van der Waals surface area contributed by atoms with E-state index in [9.17, 15) is 4.79 Å². The van der Waals surface area contributed by atoms with E-state index in [0.29, 0.717) is 16.8 Å². The summed E-state index contributed by atoms with van der Waals surface area (Å²) in [5, 5.41) is 11.3. The van der Waals surface area contributed by atoms with Gasteiger partial charge in [0, 0.05) is 5.56 Å². The Labute approximate surface area is 116 Å². The summed E-state index contributed by atoms with van der Waals surface area (Å²) in [6, 6.07) is 5.48. The van der Waals surface area contributed by atoms with Crippen LogP contribution in [0.15, 0.2) is 28.9 Å². The third-order valence-corrected chi connectivity index (χ3v) is 2.56. The molecule has 2 N–H and O–H groups in total. The first kappa shape index (κ1) is 13.8. The van der Waals surface area contributed by atoms with Crippen LogP contribution in [0.2, 0.25) is 0 Å². The molecule has 0 saturated heterocycles. The number of aliphatic hydroxyl groups is 1. The summed E-state index contributed by atoms with van der Waals surface area (Å²) in [7, 11) is 0. The van der Waals surface area contributed by atoms with E-state index in [2.05, 4.69) is 22.1 Å². The van der Waals surface area contributed by atoms with E-state index in [4.69, 9.17) is 9.52 Å². The van der Waals surface area contributed by atoms with Gasteiger partial charge in [-0.3, -0.25) is 10.1 Å². The first-order chi connectivity index (χ1) is 9.60. The predicted octanol–water partition coefficient (Wildman–Crippen LogP) is 1.89. The van der Waals surface area contributed by atoms with Gasteiger partial charge in [0.1, 0.15) is 12.9 Å². The van der Waals surface area contributed by atoms with Gasteiger partial charge in [-0.05, 0) is 26.0 Å². The minimum Gasteiger partial charge on any atom is -0.432 e. The maximum atomic E-state index is 12.2. The fourth-order valence-electron chi connectivity index (χ4n) is 1.67. The molecule has 102 valence electrons. The lowest BCUT2D eigenvalue weighted by molar-refractivity contribution is 0.102. The Hall–Kier alpha value is -2.58. The highest BCUT2D eigenvalue weighted by atomic mass is 16.4. The zero-order chi connectivity index (χ0) is 14.5. The predicted molar refractivity (Wildman–Crippen MR) is 74.3 cm³/mol. The molecule has 0 aliphatic carbocycles. The summed E-state index contributed by atoms with van der Waals surface area (Å²) >= 11 is 0. The van der Waals surface area contributed by atoms with E-state index in [1.165, 1.54) is 6.26 Å². The van der Waals surface area contributed by atoms with Crippen molar-refractivity contribution in [2.75, 3.05) is 11.9 Å². The average Bonchev–Trinajstić information content (AvgIpc) is 2.82. The number of hydrogen-bond donors (Lipinski definition) is 2. The smallest absolute Gasteiger partial charge is 0.301 e. The summed E-state index contributed by atoms with van der Waals surface area (Å²) < 4.78 is 5.09. The first-order valence-corrected chi connectivity index (χ1v) is 6.04. The van der Waals surface area contributed by atoms with Gasteiger partial charge in [-0.1, -0.05) is 23.5 Å². The molecule has 0 atom stereocenters. The van der Waals surface area contributed by atoms with Gasteiger partial charge in [0.05, 0.1) is 11.3 Å². The van der Waals surface area contributed by atoms with Crippen LogP contribution < -0.4 is 5.32 Å². The zero-order valence-electron chi connectivity index (χ0n) is 11.2. The van der Waals surface area contributed by atoms with E-state index in [-0.39, 0.29) is 18.5 Å². The maximum absolute atomic E-state index is 12.2. The van der Waals surface area contributed by atoms with Crippen molar-refractivity contribution >= 4 is 11.9 Å². The van der Waals surface area contributed by atoms with Gasteiger partial charge < -0.3 is 9.52 Å². The zero-order valence-corrected chi connectivity index (χ0v) is 11.2. The van der Waals surface area contributed by atoms with E-state index in [1.54, 1.807) is 19.1 Å². The van der Waals surface area contributed by atoms with Crippen molar-refractivity contribution < 1.29 is 14.3 Å². The molecule has 1 aromatic carbocycles. The molecule has 0 unspecified atom stereocenters. The molecule has 0 fully saturated rings. The molecule has 5 nitrogen and oxygen atoms in total. The van der Waals surface area contributed by atoms with Crippen molar-refractivity contribution in [1.29, 1.82) is 0 Å². The van der Waals surface area contributed by atoms with Gasteiger partial charge in [-0.2, -0.15) is 4.98 Å². The molecule has 0 spiro atoms. The molecule has 0 radical (unpaired) electrons. The van der Waals surface area contributed by atoms with Crippen molar-refractivity contribution in [2.24, 2.45) is 0 Å². The Kier molecular flexibility index (Phi) is 4.18. The Bertz CT molecular complexity index is 693. The summed E-state index contributed by atoms with van der Waals surface area (Å²) in [5.74, 6) is 4.93. The molecular weight excluding hydrogens is 256 g/mol. The van der Waals surface area contributed by atoms with Gasteiger partial charge in [-0.25, -0.2) is 0 Å². The average molecular weight is 270 g/mol. The van der Waals surface area contributed by atoms with Crippen LogP contribution >= 0.6 is 0 Å². The largest absolute Gasteiger partial charge is 0.432 e. The van der Waals surface area contributed by atoms with Crippen molar-refractivity contribution in [1.82, 2.24) is 4.98 Å². The quantitative estimate of drug-likeness (QED) is 0.817. The monoisotopic (exact) mass is 270 g/mol. The molecule has 0 bridgehead atoms. The Morgan fingerprint density at radius 3 is 2.90 bits per heavy atom. The highest BCUT2D eigenvalue weighted by molar-refractivity contribution is 6.05. The van der Waals surface area contributed by atoms with Crippen LogP contribution in [0.3, 0.4) is 0 Å². The van der Waals surface area contributed by atoms with Crippen molar-refractivity contribution in [3.8, 4) is 11.8 Å². The van der Waals surface area contributed by atoms with Crippen molar-refractivity contribution in [3.05, 3.63) is 46.8 Å². The molecule has 1 amide bonds. The van der Waals surface area contributed by atoms with Crippen molar-refractivity contribution in [2.45, 2.75) is 13.8 Å². The van der Waals surface area contributed by atoms with Gasteiger partial charge >= 0.3 is 6.01 Å². The maximum Gasteiger partial charge on any atom is 0.301 e. The lowest BCUT2D eigenvalue weighted by atomic mass is 10.0. The number of carbonyl (C=O) groups is 1. The summed E-state index contributed by atoms with van der Waals surface area (Å²) in [6.45, 7) is 3.40. The number of nitrogens with one attached hydrogen (secondary N) is 1. The SMILES string of the molecule is Cc1ccc(C#CCO)c(C(=O)Nc2nc(C)co2)c1. The van der Waals surface area contributed by atoms with Gasteiger partial charge in [0.25, 0.3) is 5.91 Å². The number of benzene rings is 1. The third-order valence-electron chi connectivity index (χ3n) is 2.56. The van der Waals surface area contributed by atoms with E-state index >= 15 is 0 Å². The number of oxazole rings is 1. The third kappa shape index (κ3) is 3.25.